The summed E-state index contributed by atoms with van der Waals surface area (Å²) in [6, 6.07) is 6.65. The molecule has 1 aromatic rings. The van der Waals surface area contributed by atoms with E-state index in [4.69, 9.17) is 10.8 Å². The van der Waals surface area contributed by atoms with Crippen LogP contribution >= 0.6 is 0 Å². The number of nitrogen functional groups attached to an aromatic ring is 1. The first-order valence-electron chi connectivity index (χ1n) is 5.82. The molecule has 1 amide bonds. The quantitative estimate of drug-likeness (QED) is 0.707. The number of nitrogens with one attached hydrogen (secondary N) is 1. The number of aliphatic hydroxyl groups excluding tert-OH is 1. The molecule has 0 spiro atoms. The summed E-state index contributed by atoms with van der Waals surface area (Å²) < 4.78 is 25.8. The first kappa shape index (κ1) is 15.4. The van der Waals surface area contributed by atoms with Crippen molar-refractivity contribution in [1.82, 2.24) is 5.32 Å². The molecule has 19 heavy (non-hydrogen) atoms. The predicted octanol–water partition coefficient (Wildman–Crippen LogP) is 1.29. The van der Waals surface area contributed by atoms with Gasteiger partial charge < -0.3 is 16.2 Å². The van der Waals surface area contributed by atoms with Crippen molar-refractivity contribution in [3.63, 3.8) is 0 Å². The average molecular weight is 272 g/mol. The molecule has 0 fully saturated rings. The van der Waals surface area contributed by atoms with Crippen LogP contribution in [0.3, 0.4) is 0 Å². The molecule has 4 nitrogen and oxygen atoms in total. The van der Waals surface area contributed by atoms with Crippen LogP contribution in [-0.2, 0) is 10.2 Å². The van der Waals surface area contributed by atoms with Gasteiger partial charge in [0, 0.05) is 5.69 Å². The highest BCUT2D eigenvalue weighted by Crippen LogP contribution is 2.24. The Labute approximate surface area is 110 Å². The fourth-order valence-electron chi connectivity index (χ4n) is 1.52. The van der Waals surface area contributed by atoms with Gasteiger partial charge in [-0.05, 0) is 31.5 Å². The largest absolute Gasteiger partial charge is 0.399 e. The number of anilines is 1. The van der Waals surface area contributed by atoms with Crippen molar-refractivity contribution in [3.8, 4) is 0 Å². The van der Waals surface area contributed by atoms with Crippen molar-refractivity contribution in [2.45, 2.75) is 25.2 Å². The van der Waals surface area contributed by atoms with Crippen LogP contribution < -0.4 is 11.1 Å². The second-order valence-corrected chi connectivity index (χ2v) is 4.94. The van der Waals surface area contributed by atoms with Crippen LogP contribution in [0.2, 0.25) is 0 Å². The maximum absolute atomic E-state index is 12.9. The van der Waals surface area contributed by atoms with Gasteiger partial charge in [-0.25, -0.2) is 8.78 Å². The minimum absolute atomic E-state index is 0.537. The van der Waals surface area contributed by atoms with Crippen LogP contribution in [0, 0.1) is 0 Å². The van der Waals surface area contributed by atoms with Gasteiger partial charge in [-0.15, -0.1) is 0 Å². The van der Waals surface area contributed by atoms with E-state index < -0.39 is 30.4 Å². The van der Waals surface area contributed by atoms with E-state index in [-0.39, 0.29) is 0 Å². The zero-order valence-electron chi connectivity index (χ0n) is 10.9. The monoisotopic (exact) mass is 272 g/mol. The van der Waals surface area contributed by atoms with E-state index in [9.17, 15) is 13.6 Å². The average Bonchev–Trinajstić information content (AvgIpc) is 2.36. The summed E-state index contributed by atoms with van der Waals surface area (Å²) >= 11 is 0. The van der Waals surface area contributed by atoms with Crippen molar-refractivity contribution >= 4 is 11.6 Å². The van der Waals surface area contributed by atoms with Crippen LogP contribution in [0.25, 0.3) is 0 Å². The minimum atomic E-state index is -3.31. The maximum Gasteiger partial charge on any atom is 0.287 e. The zero-order valence-corrected chi connectivity index (χ0v) is 10.9. The first-order valence-corrected chi connectivity index (χ1v) is 5.82. The van der Waals surface area contributed by atoms with E-state index in [1.165, 1.54) is 0 Å². The summed E-state index contributed by atoms with van der Waals surface area (Å²) in [5, 5.41) is 10.6. The Balaban J connectivity index is 2.77. The second-order valence-electron chi connectivity index (χ2n) is 4.94. The van der Waals surface area contributed by atoms with Gasteiger partial charge in [0.1, 0.15) is 6.61 Å². The van der Waals surface area contributed by atoms with Crippen molar-refractivity contribution < 1.29 is 18.7 Å². The lowest BCUT2D eigenvalue weighted by molar-refractivity contribution is -0.128. The number of rotatable bonds is 5. The number of benzene rings is 1. The number of hydrogen-bond acceptors (Lipinski definition) is 3. The fourth-order valence-corrected chi connectivity index (χ4v) is 1.52. The van der Waals surface area contributed by atoms with E-state index in [1.54, 1.807) is 38.1 Å². The molecule has 106 valence electrons. The number of aliphatic hydroxyl groups is 1. The van der Waals surface area contributed by atoms with E-state index in [0.717, 1.165) is 0 Å². The molecular formula is C13H18F2N2O2. The number of halogens is 2. The molecule has 0 saturated carbocycles. The number of carbonyl (C=O) groups excluding carboxylic acids is 1. The molecule has 0 aliphatic heterocycles. The molecule has 0 unspecified atom stereocenters. The van der Waals surface area contributed by atoms with Crippen LogP contribution in [-0.4, -0.2) is 30.1 Å². The summed E-state index contributed by atoms with van der Waals surface area (Å²) in [6.45, 7) is 1.08. The Hall–Kier alpha value is -1.69. The van der Waals surface area contributed by atoms with Gasteiger partial charge in [-0.2, -0.15) is 0 Å². The van der Waals surface area contributed by atoms with Gasteiger partial charge in [-0.3, -0.25) is 4.79 Å². The molecule has 0 aliphatic carbocycles. The van der Waals surface area contributed by atoms with Crippen LogP contribution in [0.4, 0.5) is 14.5 Å². The Kier molecular flexibility index (Phi) is 4.47. The summed E-state index contributed by atoms with van der Waals surface area (Å²) in [4.78, 5) is 12.0. The molecule has 4 N–H and O–H groups in total. The maximum atomic E-state index is 12.9. The summed E-state index contributed by atoms with van der Waals surface area (Å²) in [5.74, 6) is -3.85. The topological polar surface area (TPSA) is 75.3 Å². The summed E-state index contributed by atoms with van der Waals surface area (Å²) in [6.07, 6.45) is 0. The highest BCUT2D eigenvalue weighted by atomic mass is 19.3. The van der Waals surface area contributed by atoms with Gasteiger partial charge in [0.25, 0.3) is 5.92 Å². The molecule has 0 saturated heterocycles. The number of carbonyl (C=O) groups is 1. The molecule has 0 atom stereocenters. The van der Waals surface area contributed by atoms with Crippen molar-refractivity contribution in [1.29, 1.82) is 0 Å². The molecule has 1 rings (SSSR count). The van der Waals surface area contributed by atoms with Gasteiger partial charge in [0.05, 0.1) is 12.0 Å². The fraction of sp³-hybridized carbons (Fsp3) is 0.462. The lowest BCUT2D eigenvalue weighted by atomic mass is 9.83. The number of hydrogen-bond donors (Lipinski definition) is 3. The van der Waals surface area contributed by atoms with Gasteiger partial charge in [0.15, 0.2) is 0 Å². The molecule has 0 aromatic heterocycles. The van der Waals surface area contributed by atoms with E-state index in [0.29, 0.717) is 11.3 Å². The van der Waals surface area contributed by atoms with Crippen LogP contribution in [0.5, 0.6) is 0 Å². The number of alkyl halides is 2. The third-order valence-electron chi connectivity index (χ3n) is 2.94. The van der Waals surface area contributed by atoms with Crippen molar-refractivity contribution in [2.75, 3.05) is 18.9 Å². The Morgan fingerprint density at radius 1 is 1.32 bits per heavy atom. The minimum Gasteiger partial charge on any atom is -0.399 e. The van der Waals surface area contributed by atoms with Crippen molar-refractivity contribution in [3.05, 3.63) is 29.8 Å². The predicted molar refractivity (Wildman–Crippen MR) is 68.9 cm³/mol. The SMILES string of the molecule is CC(C)(C(=O)NCC(F)(F)CO)c1ccc(N)cc1. The molecule has 0 radical (unpaired) electrons. The van der Waals surface area contributed by atoms with Gasteiger partial charge >= 0.3 is 0 Å². The molecule has 1 aromatic carbocycles. The van der Waals surface area contributed by atoms with Gasteiger partial charge in [0.2, 0.25) is 5.91 Å². The highest BCUT2D eigenvalue weighted by molar-refractivity contribution is 5.87. The van der Waals surface area contributed by atoms with Gasteiger partial charge in [-0.1, -0.05) is 12.1 Å². The normalized spacial score (nSPS) is 12.3. The van der Waals surface area contributed by atoms with Crippen LogP contribution in [0.15, 0.2) is 24.3 Å². The zero-order chi connectivity index (χ0) is 14.7. The number of nitrogens with two attached hydrogens (primary N) is 1. The smallest absolute Gasteiger partial charge is 0.287 e. The van der Waals surface area contributed by atoms with Crippen LogP contribution in [0.1, 0.15) is 19.4 Å². The molecular weight excluding hydrogens is 254 g/mol. The molecule has 0 bridgehead atoms. The van der Waals surface area contributed by atoms with E-state index in [2.05, 4.69) is 5.32 Å². The standard InChI is InChI=1S/C13H18F2N2O2/c1-12(2,9-3-5-10(16)6-4-9)11(19)17-7-13(14,15)8-18/h3-6,18H,7-8,16H2,1-2H3,(H,17,19). The summed E-state index contributed by atoms with van der Waals surface area (Å²) in [5.41, 5.74) is 5.83. The second kappa shape index (κ2) is 5.52. The Bertz CT molecular complexity index is 444. The summed E-state index contributed by atoms with van der Waals surface area (Å²) in [7, 11) is 0. The highest BCUT2D eigenvalue weighted by Gasteiger charge is 2.34. The third kappa shape index (κ3) is 3.89. The Morgan fingerprint density at radius 3 is 2.32 bits per heavy atom. The Morgan fingerprint density at radius 2 is 1.84 bits per heavy atom. The number of amides is 1. The third-order valence-corrected chi connectivity index (χ3v) is 2.94. The first-order chi connectivity index (χ1) is 8.69. The van der Waals surface area contributed by atoms with E-state index in [1.807, 2.05) is 0 Å². The van der Waals surface area contributed by atoms with Crippen molar-refractivity contribution in [2.24, 2.45) is 0 Å². The lowest BCUT2D eigenvalue weighted by Gasteiger charge is -2.25. The molecule has 6 heteroatoms. The lowest BCUT2D eigenvalue weighted by Crippen LogP contribution is -2.46. The van der Waals surface area contributed by atoms with E-state index >= 15 is 0 Å². The molecule has 0 aliphatic rings. The molecule has 0 heterocycles.